The van der Waals surface area contributed by atoms with Crippen LogP contribution in [0.25, 0.3) is 0 Å². The van der Waals surface area contributed by atoms with Gasteiger partial charge in [0.1, 0.15) is 0 Å². The van der Waals surface area contributed by atoms with Gasteiger partial charge in [-0.1, -0.05) is 27.2 Å². The van der Waals surface area contributed by atoms with E-state index in [2.05, 4.69) is 12.2 Å². The summed E-state index contributed by atoms with van der Waals surface area (Å²) in [4.78, 5) is 11.5. The molecule has 0 aliphatic heterocycles. The SMILES string of the molecule is CCC1CC1NC(=O)[C@H](N)C(C)C. The van der Waals surface area contributed by atoms with Crippen LogP contribution in [0.15, 0.2) is 0 Å². The standard InChI is InChI=1S/C10H20N2O/c1-4-7-5-8(7)12-10(13)9(11)6(2)3/h6-9H,4-5,11H2,1-3H3,(H,12,13)/t7?,8?,9-/m1/s1. The molecular weight excluding hydrogens is 164 g/mol. The van der Waals surface area contributed by atoms with Gasteiger partial charge in [-0.05, 0) is 18.3 Å². The fraction of sp³-hybridized carbons (Fsp3) is 0.900. The monoisotopic (exact) mass is 184 g/mol. The number of carbonyl (C=O) groups excluding carboxylic acids is 1. The van der Waals surface area contributed by atoms with Crippen LogP contribution in [0.2, 0.25) is 0 Å². The summed E-state index contributed by atoms with van der Waals surface area (Å²) in [5.41, 5.74) is 5.71. The Hall–Kier alpha value is -0.570. The molecule has 2 unspecified atom stereocenters. The number of nitrogens with one attached hydrogen (secondary N) is 1. The second-order valence-corrected chi connectivity index (χ2v) is 4.29. The molecule has 1 saturated carbocycles. The Morgan fingerprint density at radius 2 is 2.23 bits per heavy atom. The summed E-state index contributed by atoms with van der Waals surface area (Å²) in [6, 6.07) is 0.0559. The molecule has 0 bridgehead atoms. The summed E-state index contributed by atoms with van der Waals surface area (Å²) in [5, 5.41) is 2.97. The lowest BCUT2D eigenvalue weighted by molar-refractivity contribution is -0.123. The van der Waals surface area contributed by atoms with E-state index in [0.717, 1.165) is 12.8 Å². The van der Waals surface area contributed by atoms with Crippen molar-refractivity contribution in [2.24, 2.45) is 17.6 Å². The van der Waals surface area contributed by atoms with Gasteiger partial charge in [0.15, 0.2) is 0 Å². The van der Waals surface area contributed by atoms with Crippen molar-refractivity contribution < 1.29 is 4.79 Å². The molecule has 0 spiro atoms. The molecule has 3 nitrogen and oxygen atoms in total. The van der Waals surface area contributed by atoms with Gasteiger partial charge in [0.2, 0.25) is 5.91 Å². The Bertz CT molecular complexity index is 191. The first-order valence-electron chi connectivity index (χ1n) is 5.12. The molecule has 3 heteroatoms. The van der Waals surface area contributed by atoms with Crippen molar-refractivity contribution in [2.75, 3.05) is 0 Å². The van der Waals surface area contributed by atoms with Crippen LogP contribution in [0.3, 0.4) is 0 Å². The van der Waals surface area contributed by atoms with Crippen molar-refractivity contribution >= 4 is 5.91 Å². The fourth-order valence-electron chi connectivity index (χ4n) is 1.46. The van der Waals surface area contributed by atoms with E-state index in [9.17, 15) is 4.79 Å². The summed E-state index contributed by atoms with van der Waals surface area (Å²) in [6.07, 6.45) is 2.29. The van der Waals surface area contributed by atoms with Crippen LogP contribution >= 0.6 is 0 Å². The lowest BCUT2D eigenvalue weighted by Gasteiger charge is -2.15. The van der Waals surface area contributed by atoms with E-state index in [1.54, 1.807) is 0 Å². The lowest BCUT2D eigenvalue weighted by atomic mass is 10.1. The van der Waals surface area contributed by atoms with Gasteiger partial charge in [-0.25, -0.2) is 0 Å². The molecule has 76 valence electrons. The van der Waals surface area contributed by atoms with Gasteiger partial charge < -0.3 is 11.1 Å². The number of nitrogens with two attached hydrogens (primary N) is 1. The quantitative estimate of drug-likeness (QED) is 0.681. The zero-order valence-corrected chi connectivity index (χ0v) is 8.71. The Kier molecular flexibility index (Phi) is 3.31. The number of amides is 1. The van der Waals surface area contributed by atoms with Gasteiger partial charge in [-0.15, -0.1) is 0 Å². The van der Waals surface area contributed by atoms with Crippen LogP contribution in [0.4, 0.5) is 0 Å². The van der Waals surface area contributed by atoms with E-state index in [1.165, 1.54) is 0 Å². The maximum atomic E-state index is 11.5. The molecule has 1 aliphatic rings. The van der Waals surface area contributed by atoms with Crippen molar-refractivity contribution in [1.29, 1.82) is 0 Å². The minimum atomic E-state index is -0.349. The van der Waals surface area contributed by atoms with Gasteiger partial charge in [-0.3, -0.25) is 4.79 Å². The topological polar surface area (TPSA) is 55.1 Å². The Balaban J connectivity index is 2.26. The van der Waals surface area contributed by atoms with Gasteiger partial charge in [0.25, 0.3) is 0 Å². The largest absolute Gasteiger partial charge is 0.352 e. The number of hydrogen-bond donors (Lipinski definition) is 2. The van der Waals surface area contributed by atoms with E-state index < -0.39 is 0 Å². The number of carbonyl (C=O) groups is 1. The fourth-order valence-corrected chi connectivity index (χ4v) is 1.46. The van der Waals surface area contributed by atoms with Crippen molar-refractivity contribution in [3.8, 4) is 0 Å². The van der Waals surface area contributed by atoms with Crippen LogP contribution in [0.1, 0.15) is 33.6 Å². The van der Waals surface area contributed by atoms with E-state index in [1.807, 2.05) is 13.8 Å². The summed E-state index contributed by atoms with van der Waals surface area (Å²) in [5.74, 6) is 0.929. The molecule has 3 atom stereocenters. The van der Waals surface area contributed by atoms with Crippen molar-refractivity contribution in [2.45, 2.75) is 45.7 Å². The second kappa shape index (κ2) is 4.09. The van der Waals surface area contributed by atoms with Gasteiger partial charge in [0, 0.05) is 6.04 Å². The zero-order chi connectivity index (χ0) is 10.0. The minimum Gasteiger partial charge on any atom is -0.352 e. The normalized spacial score (nSPS) is 28.7. The zero-order valence-electron chi connectivity index (χ0n) is 8.71. The van der Waals surface area contributed by atoms with E-state index >= 15 is 0 Å². The van der Waals surface area contributed by atoms with Crippen molar-refractivity contribution in [3.63, 3.8) is 0 Å². The lowest BCUT2D eigenvalue weighted by Crippen LogP contribution is -2.45. The average molecular weight is 184 g/mol. The first kappa shape index (κ1) is 10.5. The molecule has 0 saturated heterocycles. The maximum absolute atomic E-state index is 11.5. The first-order chi connectivity index (χ1) is 6.06. The number of hydrogen-bond acceptors (Lipinski definition) is 2. The van der Waals surface area contributed by atoms with Crippen molar-refractivity contribution in [1.82, 2.24) is 5.32 Å². The van der Waals surface area contributed by atoms with Crippen LogP contribution in [0.5, 0.6) is 0 Å². The van der Waals surface area contributed by atoms with Crippen molar-refractivity contribution in [3.05, 3.63) is 0 Å². The summed E-state index contributed by atoms with van der Waals surface area (Å²) >= 11 is 0. The molecule has 0 aromatic carbocycles. The highest BCUT2D eigenvalue weighted by Gasteiger charge is 2.37. The average Bonchev–Trinajstić information content (AvgIpc) is 2.81. The molecule has 0 radical (unpaired) electrons. The third-order valence-corrected chi connectivity index (χ3v) is 2.80. The van der Waals surface area contributed by atoms with Crippen LogP contribution < -0.4 is 11.1 Å². The molecular formula is C10H20N2O. The molecule has 1 aliphatic carbocycles. The van der Waals surface area contributed by atoms with Crippen LogP contribution in [-0.2, 0) is 4.79 Å². The van der Waals surface area contributed by atoms with Gasteiger partial charge in [0.05, 0.1) is 6.04 Å². The van der Waals surface area contributed by atoms with E-state index in [4.69, 9.17) is 5.73 Å². The third kappa shape index (κ3) is 2.69. The van der Waals surface area contributed by atoms with Crippen LogP contribution in [-0.4, -0.2) is 18.0 Å². The number of rotatable bonds is 4. The highest BCUT2D eigenvalue weighted by Crippen LogP contribution is 2.33. The summed E-state index contributed by atoms with van der Waals surface area (Å²) in [6.45, 7) is 6.09. The molecule has 3 N–H and O–H groups in total. The van der Waals surface area contributed by atoms with Crippen LogP contribution in [0, 0.1) is 11.8 Å². The van der Waals surface area contributed by atoms with E-state index in [0.29, 0.717) is 12.0 Å². The summed E-state index contributed by atoms with van der Waals surface area (Å²) in [7, 11) is 0. The highest BCUT2D eigenvalue weighted by molar-refractivity contribution is 5.82. The molecule has 1 rings (SSSR count). The predicted molar refractivity (Wildman–Crippen MR) is 53.1 cm³/mol. The smallest absolute Gasteiger partial charge is 0.237 e. The minimum absolute atomic E-state index is 0.0101. The van der Waals surface area contributed by atoms with Gasteiger partial charge >= 0.3 is 0 Å². The third-order valence-electron chi connectivity index (χ3n) is 2.80. The molecule has 13 heavy (non-hydrogen) atoms. The van der Waals surface area contributed by atoms with Gasteiger partial charge in [-0.2, -0.15) is 0 Å². The summed E-state index contributed by atoms with van der Waals surface area (Å²) < 4.78 is 0. The first-order valence-corrected chi connectivity index (χ1v) is 5.12. The van der Waals surface area contributed by atoms with E-state index in [-0.39, 0.29) is 17.9 Å². The Morgan fingerprint density at radius 3 is 2.62 bits per heavy atom. The molecule has 0 aromatic rings. The molecule has 0 heterocycles. The maximum Gasteiger partial charge on any atom is 0.237 e. The predicted octanol–water partition coefficient (Wildman–Crippen LogP) is 0.884. The Labute approximate surface area is 80.1 Å². The second-order valence-electron chi connectivity index (χ2n) is 4.29. The molecule has 1 amide bonds. The Morgan fingerprint density at radius 1 is 1.62 bits per heavy atom. The molecule has 1 fully saturated rings. The molecule has 0 aromatic heterocycles. The highest BCUT2D eigenvalue weighted by atomic mass is 16.2.